The molecule has 1 amide bonds. The predicted molar refractivity (Wildman–Crippen MR) is 42.3 cm³/mol. The van der Waals surface area contributed by atoms with Crippen LogP contribution in [-0.4, -0.2) is 37.6 Å². The topological polar surface area (TPSA) is 29.5 Å². The highest BCUT2D eigenvalue weighted by Gasteiger charge is 2.19. The quantitative estimate of drug-likeness (QED) is 0.589. The molecule has 1 fully saturated rings. The summed E-state index contributed by atoms with van der Waals surface area (Å²) in [5, 5.41) is 0. The minimum atomic E-state index is 0.164. The highest BCUT2D eigenvalue weighted by atomic mass is 16.5. The summed E-state index contributed by atoms with van der Waals surface area (Å²) in [6, 6.07) is 0. The van der Waals surface area contributed by atoms with Gasteiger partial charge in [-0.1, -0.05) is 0 Å². The van der Waals surface area contributed by atoms with E-state index < -0.39 is 0 Å². The molecule has 1 saturated heterocycles. The molecule has 0 aliphatic carbocycles. The minimum absolute atomic E-state index is 0.164. The van der Waals surface area contributed by atoms with Crippen molar-refractivity contribution in [1.82, 2.24) is 4.90 Å². The average molecular weight is 157 g/mol. The highest BCUT2D eigenvalue weighted by molar-refractivity contribution is 5.76. The molecular weight excluding hydrogens is 142 g/mol. The lowest BCUT2D eigenvalue weighted by Gasteiger charge is -2.13. The van der Waals surface area contributed by atoms with Crippen LogP contribution in [0.1, 0.15) is 19.3 Å². The molecule has 3 nitrogen and oxygen atoms in total. The number of hydrogen-bond acceptors (Lipinski definition) is 2. The van der Waals surface area contributed by atoms with Crippen molar-refractivity contribution in [3.8, 4) is 0 Å². The van der Waals surface area contributed by atoms with E-state index in [0.717, 1.165) is 19.4 Å². The number of amides is 1. The largest absolute Gasteiger partial charge is 0.378 e. The van der Waals surface area contributed by atoms with Crippen LogP contribution in [0.15, 0.2) is 0 Å². The van der Waals surface area contributed by atoms with Crippen LogP contribution in [0, 0.1) is 0 Å². The third-order valence-corrected chi connectivity index (χ3v) is 1.93. The standard InChI is InChI=1S/C8H15NO2/c1-9(2)8(10)6-7-4-3-5-11-7/h7H,3-6H2,1-2H3. The molecule has 0 radical (unpaired) electrons. The number of rotatable bonds is 2. The zero-order valence-corrected chi connectivity index (χ0v) is 7.17. The molecule has 0 saturated carbocycles. The summed E-state index contributed by atoms with van der Waals surface area (Å²) in [7, 11) is 3.55. The first-order valence-electron chi connectivity index (χ1n) is 4.02. The van der Waals surface area contributed by atoms with Crippen molar-refractivity contribution >= 4 is 5.91 Å². The molecule has 1 aliphatic rings. The van der Waals surface area contributed by atoms with Crippen LogP contribution in [0.2, 0.25) is 0 Å². The Kier molecular flexibility index (Phi) is 2.88. The van der Waals surface area contributed by atoms with Gasteiger partial charge in [0.15, 0.2) is 0 Å². The first kappa shape index (κ1) is 8.53. The summed E-state index contributed by atoms with van der Waals surface area (Å²) in [5.41, 5.74) is 0. The molecule has 11 heavy (non-hydrogen) atoms. The van der Waals surface area contributed by atoms with E-state index in [9.17, 15) is 4.79 Å². The lowest BCUT2D eigenvalue weighted by molar-refractivity contribution is -0.130. The monoisotopic (exact) mass is 157 g/mol. The van der Waals surface area contributed by atoms with Gasteiger partial charge in [0.25, 0.3) is 0 Å². The number of ether oxygens (including phenoxy) is 1. The van der Waals surface area contributed by atoms with Crippen LogP contribution in [0.5, 0.6) is 0 Å². The molecule has 0 aromatic heterocycles. The number of nitrogens with zero attached hydrogens (tertiary/aromatic N) is 1. The van der Waals surface area contributed by atoms with Gasteiger partial charge in [0.2, 0.25) is 5.91 Å². The van der Waals surface area contributed by atoms with Crippen molar-refractivity contribution < 1.29 is 9.53 Å². The van der Waals surface area contributed by atoms with Crippen LogP contribution in [-0.2, 0) is 9.53 Å². The van der Waals surface area contributed by atoms with Crippen molar-refractivity contribution in [3.05, 3.63) is 0 Å². The van der Waals surface area contributed by atoms with E-state index in [-0.39, 0.29) is 12.0 Å². The van der Waals surface area contributed by atoms with E-state index in [2.05, 4.69) is 0 Å². The van der Waals surface area contributed by atoms with Crippen molar-refractivity contribution in [2.45, 2.75) is 25.4 Å². The summed E-state index contributed by atoms with van der Waals surface area (Å²) < 4.78 is 5.33. The Hall–Kier alpha value is -0.570. The van der Waals surface area contributed by atoms with Crippen LogP contribution in [0.3, 0.4) is 0 Å². The lowest BCUT2D eigenvalue weighted by atomic mass is 10.2. The van der Waals surface area contributed by atoms with Gasteiger partial charge in [-0.2, -0.15) is 0 Å². The lowest BCUT2D eigenvalue weighted by Crippen LogP contribution is -2.25. The molecule has 0 N–H and O–H groups in total. The molecule has 3 heteroatoms. The summed E-state index contributed by atoms with van der Waals surface area (Å²) in [4.78, 5) is 12.8. The van der Waals surface area contributed by atoms with Gasteiger partial charge < -0.3 is 9.64 Å². The minimum Gasteiger partial charge on any atom is -0.378 e. The number of hydrogen-bond donors (Lipinski definition) is 0. The first-order valence-corrected chi connectivity index (χ1v) is 4.02. The Labute approximate surface area is 67.3 Å². The van der Waals surface area contributed by atoms with E-state index in [1.165, 1.54) is 0 Å². The van der Waals surface area contributed by atoms with Crippen molar-refractivity contribution in [2.24, 2.45) is 0 Å². The molecular formula is C8H15NO2. The fourth-order valence-electron chi connectivity index (χ4n) is 1.18. The van der Waals surface area contributed by atoms with E-state index in [1.54, 1.807) is 19.0 Å². The molecule has 64 valence electrons. The van der Waals surface area contributed by atoms with Crippen LogP contribution >= 0.6 is 0 Å². The highest BCUT2D eigenvalue weighted by Crippen LogP contribution is 2.15. The third kappa shape index (κ3) is 2.50. The van der Waals surface area contributed by atoms with E-state index >= 15 is 0 Å². The van der Waals surface area contributed by atoms with Crippen LogP contribution in [0.4, 0.5) is 0 Å². The van der Waals surface area contributed by atoms with Gasteiger partial charge in [-0.05, 0) is 12.8 Å². The van der Waals surface area contributed by atoms with E-state index in [1.807, 2.05) is 0 Å². The maximum absolute atomic E-state index is 11.1. The molecule has 0 aromatic rings. The van der Waals surface area contributed by atoms with Gasteiger partial charge in [-0.3, -0.25) is 4.79 Å². The zero-order chi connectivity index (χ0) is 8.27. The summed E-state index contributed by atoms with van der Waals surface area (Å²) in [6.07, 6.45) is 2.88. The SMILES string of the molecule is CN(C)C(=O)CC1CCCO1. The molecule has 1 rings (SSSR count). The van der Waals surface area contributed by atoms with Gasteiger partial charge in [-0.15, -0.1) is 0 Å². The van der Waals surface area contributed by atoms with Crippen LogP contribution in [0.25, 0.3) is 0 Å². The van der Waals surface area contributed by atoms with Gasteiger partial charge in [0, 0.05) is 20.7 Å². The normalized spacial score (nSPS) is 23.6. The summed E-state index contributed by atoms with van der Waals surface area (Å²) in [6.45, 7) is 0.825. The maximum atomic E-state index is 11.1. The van der Waals surface area contributed by atoms with Gasteiger partial charge in [0.05, 0.1) is 12.5 Å². The smallest absolute Gasteiger partial charge is 0.224 e. The van der Waals surface area contributed by atoms with Gasteiger partial charge in [0.1, 0.15) is 0 Å². The molecule has 0 aromatic carbocycles. The molecule has 1 atom stereocenters. The fraction of sp³-hybridized carbons (Fsp3) is 0.875. The van der Waals surface area contributed by atoms with Gasteiger partial charge in [-0.25, -0.2) is 0 Å². The second kappa shape index (κ2) is 3.72. The second-order valence-electron chi connectivity index (χ2n) is 3.13. The fourth-order valence-corrected chi connectivity index (χ4v) is 1.18. The maximum Gasteiger partial charge on any atom is 0.224 e. The number of carbonyl (C=O) groups excluding carboxylic acids is 1. The first-order chi connectivity index (χ1) is 5.20. The third-order valence-electron chi connectivity index (χ3n) is 1.93. The molecule has 1 heterocycles. The summed E-state index contributed by atoms with van der Waals surface area (Å²) in [5.74, 6) is 0.164. The van der Waals surface area contributed by atoms with Crippen molar-refractivity contribution in [2.75, 3.05) is 20.7 Å². The van der Waals surface area contributed by atoms with E-state index in [0.29, 0.717) is 6.42 Å². The van der Waals surface area contributed by atoms with Crippen molar-refractivity contribution in [1.29, 1.82) is 0 Å². The Bertz CT molecular complexity index is 139. The van der Waals surface area contributed by atoms with E-state index in [4.69, 9.17) is 4.74 Å². The Morgan fingerprint density at radius 2 is 2.36 bits per heavy atom. The molecule has 1 unspecified atom stereocenters. The average Bonchev–Trinajstić information content (AvgIpc) is 2.39. The zero-order valence-electron chi connectivity index (χ0n) is 7.17. The molecule has 0 spiro atoms. The Balaban J connectivity index is 2.24. The Morgan fingerprint density at radius 3 is 2.82 bits per heavy atom. The van der Waals surface area contributed by atoms with Crippen LogP contribution < -0.4 is 0 Å². The van der Waals surface area contributed by atoms with Gasteiger partial charge >= 0.3 is 0 Å². The number of carbonyl (C=O) groups is 1. The predicted octanol–water partition coefficient (Wildman–Crippen LogP) is 0.644. The molecule has 0 bridgehead atoms. The second-order valence-corrected chi connectivity index (χ2v) is 3.13. The van der Waals surface area contributed by atoms with Crippen molar-refractivity contribution in [3.63, 3.8) is 0 Å². The Morgan fingerprint density at radius 1 is 1.64 bits per heavy atom. The molecule has 1 aliphatic heterocycles. The summed E-state index contributed by atoms with van der Waals surface area (Å²) >= 11 is 0.